The second-order valence-corrected chi connectivity index (χ2v) is 4.80. The Morgan fingerprint density at radius 2 is 1.65 bits per heavy atom. The van der Waals surface area contributed by atoms with Crippen molar-refractivity contribution in [3.63, 3.8) is 0 Å². The summed E-state index contributed by atoms with van der Waals surface area (Å²) < 4.78 is 86.6. The first-order valence-corrected chi connectivity index (χ1v) is 6.25. The highest BCUT2D eigenvalue weighted by Gasteiger charge is 2.69. The molecule has 0 saturated carbocycles. The summed E-state index contributed by atoms with van der Waals surface area (Å²) in [5.74, 6) is 0. The van der Waals surface area contributed by atoms with Gasteiger partial charge in [-0.2, -0.15) is 26.0 Å². The van der Waals surface area contributed by atoms with Gasteiger partial charge in [-0.25, -0.2) is 0 Å². The van der Waals surface area contributed by atoms with Crippen LogP contribution >= 0.6 is 0 Å². The quantitative estimate of drug-likeness (QED) is 0.533. The number of hydrogen-bond acceptors (Lipinski definition) is 3. The van der Waals surface area contributed by atoms with E-state index in [1.165, 1.54) is 6.92 Å². The maximum atomic E-state index is 12.9. The summed E-state index contributed by atoms with van der Waals surface area (Å²) in [4.78, 5) is 0. The fourth-order valence-electron chi connectivity index (χ4n) is 1.09. The molecule has 3 nitrogen and oxygen atoms in total. The Balaban J connectivity index is 5.01. The van der Waals surface area contributed by atoms with Gasteiger partial charge in [-0.15, -0.1) is 0 Å². The SMILES string of the molecule is CCCC(CC)OC(F)(F)C(F)(F)S(=O)(=O)F. The molecule has 0 bridgehead atoms. The molecule has 17 heavy (non-hydrogen) atoms. The Labute approximate surface area is 96.2 Å². The summed E-state index contributed by atoms with van der Waals surface area (Å²) in [7, 11) is -6.74. The standard InChI is InChI=1S/C8H13F5O3S/c1-3-5-6(4-2)16-7(9,10)8(11,12)17(13,14)15/h6H,3-5H2,1-2H3. The van der Waals surface area contributed by atoms with Gasteiger partial charge in [0.2, 0.25) is 0 Å². The smallest absolute Gasteiger partial charge is 0.311 e. The van der Waals surface area contributed by atoms with Gasteiger partial charge in [-0.1, -0.05) is 24.2 Å². The lowest BCUT2D eigenvalue weighted by Crippen LogP contribution is -2.49. The minimum atomic E-state index is -6.74. The third-order valence-electron chi connectivity index (χ3n) is 2.03. The average molecular weight is 284 g/mol. The Kier molecular flexibility index (Phi) is 5.33. The molecule has 0 aliphatic rings. The number of rotatable bonds is 7. The van der Waals surface area contributed by atoms with E-state index in [9.17, 15) is 29.9 Å². The molecule has 0 radical (unpaired) electrons. The molecule has 0 aromatic heterocycles. The van der Waals surface area contributed by atoms with Gasteiger partial charge in [0.25, 0.3) is 0 Å². The lowest BCUT2D eigenvalue weighted by molar-refractivity contribution is -0.335. The minimum absolute atomic E-state index is 0.0220. The number of hydrogen-bond donors (Lipinski definition) is 0. The molecule has 0 aliphatic carbocycles. The molecule has 0 saturated heterocycles. The van der Waals surface area contributed by atoms with Gasteiger partial charge in [0.05, 0.1) is 6.10 Å². The minimum Gasteiger partial charge on any atom is -0.311 e. The van der Waals surface area contributed by atoms with Crippen LogP contribution in [0.25, 0.3) is 0 Å². The summed E-state index contributed by atoms with van der Waals surface area (Å²) in [5, 5.41) is -5.89. The first kappa shape index (κ1) is 16.6. The zero-order valence-electron chi connectivity index (χ0n) is 9.22. The molecule has 0 N–H and O–H groups in total. The lowest BCUT2D eigenvalue weighted by atomic mass is 10.1. The molecule has 9 heteroatoms. The van der Waals surface area contributed by atoms with Crippen molar-refractivity contribution in [2.24, 2.45) is 0 Å². The normalized spacial score (nSPS) is 15.9. The van der Waals surface area contributed by atoms with Crippen molar-refractivity contribution < 1.29 is 34.6 Å². The van der Waals surface area contributed by atoms with Crippen molar-refractivity contribution >= 4 is 10.2 Å². The van der Waals surface area contributed by atoms with Crippen molar-refractivity contribution in [1.29, 1.82) is 0 Å². The van der Waals surface area contributed by atoms with Crippen molar-refractivity contribution in [2.45, 2.75) is 50.6 Å². The Morgan fingerprint density at radius 3 is 1.94 bits per heavy atom. The molecular formula is C8H13F5O3S. The van der Waals surface area contributed by atoms with Gasteiger partial charge in [0, 0.05) is 0 Å². The van der Waals surface area contributed by atoms with Crippen molar-refractivity contribution in [1.82, 2.24) is 0 Å². The second-order valence-electron chi connectivity index (χ2n) is 3.41. The molecule has 0 fully saturated rings. The monoisotopic (exact) mass is 284 g/mol. The number of ether oxygens (including phenoxy) is 1. The highest BCUT2D eigenvalue weighted by molar-refractivity contribution is 7.87. The predicted octanol–water partition coefficient (Wildman–Crippen LogP) is 3.07. The summed E-state index contributed by atoms with van der Waals surface area (Å²) in [6.07, 6.45) is -6.26. The van der Waals surface area contributed by atoms with Gasteiger partial charge in [0.1, 0.15) is 0 Å². The second kappa shape index (κ2) is 5.47. The summed E-state index contributed by atoms with van der Waals surface area (Å²) in [6, 6.07) is 0. The number of alkyl halides is 4. The van der Waals surface area contributed by atoms with Crippen LogP contribution in [0.4, 0.5) is 21.4 Å². The number of halogens is 5. The van der Waals surface area contributed by atoms with E-state index in [1.807, 2.05) is 0 Å². The summed E-state index contributed by atoms with van der Waals surface area (Å²) in [5.41, 5.74) is 0. The molecule has 0 aromatic carbocycles. The van der Waals surface area contributed by atoms with Gasteiger partial charge >= 0.3 is 21.6 Å². The van der Waals surface area contributed by atoms with Crippen LogP contribution in [0.2, 0.25) is 0 Å². The van der Waals surface area contributed by atoms with E-state index >= 15 is 0 Å². The van der Waals surface area contributed by atoms with Crippen molar-refractivity contribution in [2.75, 3.05) is 0 Å². The van der Waals surface area contributed by atoms with E-state index in [1.54, 1.807) is 6.92 Å². The Hall–Kier alpha value is -0.440. The first-order chi connectivity index (χ1) is 7.49. The molecule has 1 atom stereocenters. The third kappa shape index (κ3) is 3.77. The van der Waals surface area contributed by atoms with Gasteiger partial charge < -0.3 is 4.74 Å². The van der Waals surface area contributed by atoms with Crippen LogP contribution in [0.15, 0.2) is 0 Å². The molecular weight excluding hydrogens is 271 g/mol. The van der Waals surface area contributed by atoms with E-state index < -0.39 is 27.7 Å². The van der Waals surface area contributed by atoms with Crippen LogP contribution in [0.3, 0.4) is 0 Å². The third-order valence-corrected chi connectivity index (χ3v) is 2.88. The molecule has 0 aromatic rings. The fourth-order valence-corrected chi connectivity index (χ4v) is 1.42. The van der Waals surface area contributed by atoms with Crippen LogP contribution in [-0.2, 0) is 15.0 Å². The van der Waals surface area contributed by atoms with Crippen molar-refractivity contribution in [3.8, 4) is 0 Å². The molecule has 0 rings (SSSR count). The highest BCUT2D eigenvalue weighted by Crippen LogP contribution is 2.41. The predicted molar refractivity (Wildman–Crippen MR) is 50.0 cm³/mol. The average Bonchev–Trinajstić information content (AvgIpc) is 2.14. The van der Waals surface area contributed by atoms with Gasteiger partial charge in [-0.05, 0) is 12.8 Å². The Morgan fingerprint density at radius 1 is 1.18 bits per heavy atom. The van der Waals surface area contributed by atoms with Crippen LogP contribution in [0, 0.1) is 0 Å². The van der Waals surface area contributed by atoms with E-state index in [0.29, 0.717) is 6.42 Å². The summed E-state index contributed by atoms with van der Waals surface area (Å²) in [6.45, 7) is 3.01. The van der Waals surface area contributed by atoms with E-state index in [2.05, 4.69) is 4.74 Å². The maximum Gasteiger partial charge on any atom is 0.464 e. The molecule has 0 aliphatic heterocycles. The maximum absolute atomic E-state index is 12.9. The fraction of sp³-hybridized carbons (Fsp3) is 1.00. The van der Waals surface area contributed by atoms with E-state index in [4.69, 9.17) is 0 Å². The van der Waals surface area contributed by atoms with Gasteiger partial charge in [-0.3, -0.25) is 0 Å². The lowest BCUT2D eigenvalue weighted by Gasteiger charge is -2.26. The van der Waals surface area contributed by atoms with Crippen LogP contribution < -0.4 is 0 Å². The zero-order valence-corrected chi connectivity index (χ0v) is 10.0. The molecule has 0 spiro atoms. The first-order valence-electron chi connectivity index (χ1n) is 4.87. The van der Waals surface area contributed by atoms with Crippen LogP contribution in [0.1, 0.15) is 33.1 Å². The van der Waals surface area contributed by atoms with Crippen LogP contribution in [-0.4, -0.2) is 25.9 Å². The molecule has 104 valence electrons. The molecule has 0 amide bonds. The molecule has 0 heterocycles. The van der Waals surface area contributed by atoms with Gasteiger partial charge in [0.15, 0.2) is 0 Å². The largest absolute Gasteiger partial charge is 0.464 e. The van der Waals surface area contributed by atoms with E-state index in [-0.39, 0.29) is 12.8 Å². The molecule has 1 unspecified atom stereocenters. The van der Waals surface area contributed by atoms with Crippen molar-refractivity contribution in [3.05, 3.63) is 0 Å². The zero-order chi connectivity index (χ0) is 13.9. The topological polar surface area (TPSA) is 43.4 Å². The highest BCUT2D eigenvalue weighted by atomic mass is 32.3. The summed E-state index contributed by atoms with van der Waals surface area (Å²) >= 11 is 0. The van der Waals surface area contributed by atoms with E-state index in [0.717, 1.165) is 0 Å². The Bertz CT molecular complexity index is 341. The van der Waals surface area contributed by atoms with Crippen LogP contribution in [0.5, 0.6) is 0 Å².